The van der Waals surface area contributed by atoms with Crippen LogP contribution in [0.1, 0.15) is 12.8 Å². The first-order chi connectivity index (χ1) is 8.46. The average Bonchev–Trinajstić information content (AvgIpc) is 2.31. The number of carbonyl (C=O) groups excluding carboxylic acids is 1. The van der Waals surface area contributed by atoms with Crippen LogP contribution in [0.25, 0.3) is 0 Å². The van der Waals surface area contributed by atoms with E-state index in [0.29, 0.717) is 0 Å². The van der Waals surface area contributed by atoms with E-state index in [4.69, 9.17) is 4.74 Å². The van der Waals surface area contributed by atoms with Crippen molar-refractivity contribution >= 4 is 6.09 Å². The number of rotatable bonds is 1. The highest BCUT2D eigenvalue weighted by Crippen LogP contribution is 2.27. The van der Waals surface area contributed by atoms with E-state index in [-0.39, 0.29) is 25.1 Å². The highest BCUT2D eigenvalue weighted by atomic mass is 19.3. The number of benzene rings is 1. The van der Waals surface area contributed by atoms with Crippen molar-refractivity contribution in [3.63, 3.8) is 0 Å². The fourth-order valence-corrected chi connectivity index (χ4v) is 1.79. The van der Waals surface area contributed by atoms with Gasteiger partial charge in [-0.2, -0.15) is 0 Å². The molecular weight excluding hydrogens is 247 g/mol. The van der Waals surface area contributed by atoms with Crippen molar-refractivity contribution in [3.8, 4) is 5.75 Å². The molecule has 6 heteroatoms. The Morgan fingerprint density at radius 3 is 2.56 bits per heavy atom. The van der Waals surface area contributed by atoms with E-state index < -0.39 is 24.4 Å². The second-order valence-corrected chi connectivity index (χ2v) is 4.20. The van der Waals surface area contributed by atoms with Crippen molar-refractivity contribution in [2.45, 2.75) is 18.8 Å². The molecule has 1 aromatic carbocycles. The largest absolute Gasteiger partial charge is 0.415 e. The van der Waals surface area contributed by atoms with Gasteiger partial charge in [0, 0.05) is 13.0 Å². The highest BCUT2D eigenvalue weighted by molar-refractivity contribution is 5.70. The zero-order chi connectivity index (χ0) is 13.2. The van der Waals surface area contributed by atoms with Crippen LogP contribution in [0.3, 0.4) is 0 Å². The lowest BCUT2D eigenvalue weighted by Gasteiger charge is -2.31. The fraction of sp³-hybridized carbons (Fsp3) is 0.417. The minimum Gasteiger partial charge on any atom is -0.410 e. The van der Waals surface area contributed by atoms with E-state index in [9.17, 15) is 18.0 Å². The number of piperidine rings is 1. The lowest BCUT2D eigenvalue weighted by atomic mass is 10.1. The van der Waals surface area contributed by atoms with Crippen molar-refractivity contribution in [1.82, 2.24) is 4.90 Å². The summed E-state index contributed by atoms with van der Waals surface area (Å²) < 4.78 is 43.7. The molecule has 0 atom stereocenters. The number of amides is 1. The Kier molecular flexibility index (Phi) is 3.45. The Morgan fingerprint density at radius 2 is 1.94 bits per heavy atom. The first-order valence-corrected chi connectivity index (χ1v) is 5.56. The van der Waals surface area contributed by atoms with Crippen molar-refractivity contribution < 1.29 is 22.7 Å². The molecule has 1 saturated heterocycles. The molecule has 1 aliphatic rings. The summed E-state index contributed by atoms with van der Waals surface area (Å²) >= 11 is 0. The van der Waals surface area contributed by atoms with Crippen molar-refractivity contribution in [3.05, 3.63) is 30.1 Å². The maximum atomic E-state index is 13.1. The van der Waals surface area contributed by atoms with Crippen molar-refractivity contribution in [1.29, 1.82) is 0 Å². The van der Waals surface area contributed by atoms with Crippen LogP contribution >= 0.6 is 0 Å². The second kappa shape index (κ2) is 4.88. The van der Waals surface area contributed by atoms with Crippen molar-refractivity contribution in [2.24, 2.45) is 0 Å². The quantitative estimate of drug-likeness (QED) is 0.775. The number of nitrogens with zero attached hydrogens (tertiary/aromatic N) is 1. The lowest BCUT2D eigenvalue weighted by molar-refractivity contribution is -0.0565. The first kappa shape index (κ1) is 12.7. The van der Waals surface area contributed by atoms with Crippen LogP contribution in [-0.2, 0) is 0 Å². The molecule has 1 fully saturated rings. The van der Waals surface area contributed by atoms with Gasteiger partial charge in [0.15, 0.2) is 0 Å². The first-order valence-electron chi connectivity index (χ1n) is 5.56. The van der Waals surface area contributed by atoms with Gasteiger partial charge in [0.2, 0.25) is 0 Å². The molecule has 0 unspecified atom stereocenters. The smallest absolute Gasteiger partial charge is 0.410 e. The number of ether oxygens (including phenoxy) is 1. The van der Waals surface area contributed by atoms with Gasteiger partial charge >= 0.3 is 6.09 Å². The number of carbonyl (C=O) groups is 1. The number of halogens is 3. The van der Waals surface area contributed by atoms with Gasteiger partial charge in [0.05, 0.1) is 6.54 Å². The Bertz CT molecular complexity index is 433. The molecule has 0 bridgehead atoms. The number of hydrogen-bond donors (Lipinski definition) is 0. The summed E-state index contributed by atoms with van der Waals surface area (Å²) in [7, 11) is 0. The van der Waals surface area contributed by atoms with Gasteiger partial charge in [0.1, 0.15) is 11.6 Å². The fourth-order valence-electron chi connectivity index (χ4n) is 1.79. The molecule has 1 heterocycles. The summed E-state index contributed by atoms with van der Waals surface area (Å²) in [6.07, 6.45) is -0.806. The molecule has 1 amide bonds. The van der Waals surface area contributed by atoms with Gasteiger partial charge in [-0.1, -0.05) is 0 Å². The normalized spacial score (nSPS) is 18.5. The van der Waals surface area contributed by atoms with Crippen LogP contribution in [-0.4, -0.2) is 30.0 Å². The molecular formula is C12H12F3NO2. The molecule has 98 valence electrons. The number of hydrogen-bond acceptors (Lipinski definition) is 2. The van der Waals surface area contributed by atoms with E-state index in [2.05, 4.69) is 0 Å². The van der Waals surface area contributed by atoms with Crippen LogP contribution in [0.4, 0.5) is 18.0 Å². The minimum atomic E-state index is -2.86. The summed E-state index contributed by atoms with van der Waals surface area (Å²) in [5.41, 5.74) is 0. The second-order valence-electron chi connectivity index (χ2n) is 4.20. The molecule has 0 radical (unpaired) electrons. The molecule has 3 nitrogen and oxygen atoms in total. The lowest BCUT2D eigenvalue weighted by Crippen LogP contribution is -2.46. The van der Waals surface area contributed by atoms with E-state index in [0.717, 1.165) is 17.0 Å². The monoisotopic (exact) mass is 259 g/mol. The number of alkyl halides is 2. The Balaban J connectivity index is 1.97. The molecule has 1 aliphatic heterocycles. The third-order valence-corrected chi connectivity index (χ3v) is 2.67. The zero-order valence-corrected chi connectivity index (χ0v) is 9.54. The molecule has 0 aliphatic carbocycles. The van der Waals surface area contributed by atoms with E-state index in [1.807, 2.05) is 0 Å². The molecule has 0 aromatic heterocycles. The summed E-state index contributed by atoms with van der Waals surface area (Å²) in [5.74, 6) is -3.19. The Morgan fingerprint density at radius 1 is 1.28 bits per heavy atom. The van der Waals surface area contributed by atoms with Crippen LogP contribution in [0.15, 0.2) is 24.3 Å². The molecule has 18 heavy (non-hydrogen) atoms. The van der Waals surface area contributed by atoms with Gasteiger partial charge in [-0.3, -0.25) is 0 Å². The van der Waals surface area contributed by atoms with E-state index in [1.165, 1.54) is 12.1 Å². The van der Waals surface area contributed by atoms with E-state index >= 15 is 0 Å². The van der Waals surface area contributed by atoms with Gasteiger partial charge in [-0.25, -0.2) is 18.0 Å². The standard InChI is InChI=1S/C12H12F3NO2/c13-9-2-4-10(5-3-9)18-11(17)16-7-1-6-12(14,15)8-16/h2-5H,1,6-8H2. The van der Waals surface area contributed by atoms with Crippen LogP contribution < -0.4 is 4.74 Å². The van der Waals surface area contributed by atoms with Gasteiger partial charge in [-0.15, -0.1) is 0 Å². The molecule has 0 N–H and O–H groups in total. The number of likely N-dealkylation sites (tertiary alicyclic amines) is 1. The summed E-state index contributed by atoms with van der Waals surface area (Å²) in [6.45, 7) is -0.386. The summed E-state index contributed by atoms with van der Waals surface area (Å²) in [4.78, 5) is 12.6. The van der Waals surface area contributed by atoms with E-state index in [1.54, 1.807) is 0 Å². The predicted molar refractivity (Wildman–Crippen MR) is 58.2 cm³/mol. The van der Waals surface area contributed by atoms with Gasteiger partial charge in [0.25, 0.3) is 5.92 Å². The SMILES string of the molecule is O=C(Oc1ccc(F)cc1)N1CCCC(F)(F)C1. The van der Waals surface area contributed by atoms with Crippen LogP contribution in [0.2, 0.25) is 0 Å². The highest BCUT2D eigenvalue weighted by Gasteiger charge is 2.37. The van der Waals surface area contributed by atoms with Crippen molar-refractivity contribution in [2.75, 3.05) is 13.1 Å². The summed E-state index contributed by atoms with van der Waals surface area (Å²) in [5, 5.41) is 0. The minimum absolute atomic E-state index is 0.135. The van der Waals surface area contributed by atoms with Gasteiger partial charge < -0.3 is 9.64 Å². The Hall–Kier alpha value is -1.72. The van der Waals surface area contributed by atoms with Crippen LogP contribution in [0.5, 0.6) is 5.75 Å². The topological polar surface area (TPSA) is 29.5 Å². The summed E-state index contributed by atoms with van der Waals surface area (Å²) in [6, 6.07) is 4.81. The third-order valence-electron chi connectivity index (χ3n) is 2.67. The maximum Gasteiger partial charge on any atom is 0.415 e. The zero-order valence-electron chi connectivity index (χ0n) is 9.54. The average molecular weight is 259 g/mol. The molecule has 0 spiro atoms. The predicted octanol–water partition coefficient (Wildman–Crippen LogP) is 3.06. The Labute approximate surface area is 102 Å². The maximum absolute atomic E-state index is 13.1. The third kappa shape index (κ3) is 3.15. The molecule has 1 aromatic rings. The van der Waals surface area contributed by atoms with Gasteiger partial charge in [-0.05, 0) is 30.7 Å². The molecule has 0 saturated carbocycles. The van der Waals surface area contributed by atoms with Crippen LogP contribution in [0, 0.1) is 5.82 Å². The molecule has 2 rings (SSSR count).